The smallest absolute Gasteiger partial charge is 0.250 e. The van der Waals surface area contributed by atoms with E-state index in [0.29, 0.717) is 13.2 Å². The predicted octanol–water partition coefficient (Wildman–Crippen LogP) is 3.45. The van der Waals surface area contributed by atoms with Gasteiger partial charge in [-0.1, -0.05) is 24.3 Å². The molecule has 122 valence electrons. The van der Waals surface area contributed by atoms with Gasteiger partial charge >= 0.3 is 0 Å². The van der Waals surface area contributed by atoms with Gasteiger partial charge in [-0.05, 0) is 48.2 Å². The second-order valence-electron chi connectivity index (χ2n) is 5.96. The molecule has 0 aliphatic carbocycles. The Morgan fingerprint density at radius 3 is 2.79 bits per heavy atom. The minimum atomic E-state index is 0.0111. The van der Waals surface area contributed by atoms with E-state index in [0.717, 1.165) is 42.1 Å². The van der Waals surface area contributed by atoms with Crippen LogP contribution in [0.3, 0.4) is 0 Å². The molecule has 2 aliphatic rings. The summed E-state index contributed by atoms with van der Waals surface area (Å²) in [7, 11) is 0. The number of aryl methyl sites for hydroxylation is 1. The number of ether oxygens (including phenoxy) is 2. The number of hydrogen-bond acceptors (Lipinski definition) is 3. The maximum absolute atomic E-state index is 12.6. The van der Waals surface area contributed by atoms with Crippen LogP contribution in [0.15, 0.2) is 48.5 Å². The van der Waals surface area contributed by atoms with Gasteiger partial charge in [-0.15, -0.1) is 0 Å². The lowest BCUT2D eigenvalue weighted by Gasteiger charge is -2.28. The van der Waals surface area contributed by atoms with Gasteiger partial charge in [0.15, 0.2) is 11.5 Å². The van der Waals surface area contributed by atoms with E-state index in [1.165, 1.54) is 5.56 Å². The Kier molecular flexibility index (Phi) is 3.95. The first-order valence-corrected chi connectivity index (χ1v) is 8.28. The topological polar surface area (TPSA) is 38.8 Å². The van der Waals surface area contributed by atoms with Crippen molar-refractivity contribution >= 4 is 17.7 Å². The highest BCUT2D eigenvalue weighted by Gasteiger charge is 2.20. The fourth-order valence-corrected chi connectivity index (χ4v) is 3.18. The highest BCUT2D eigenvalue weighted by Crippen LogP contribution is 2.31. The van der Waals surface area contributed by atoms with Gasteiger partial charge in [-0.25, -0.2) is 0 Å². The maximum atomic E-state index is 12.6. The molecule has 0 atom stereocenters. The van der Waals surface area contributed by atoms with Gasteiger partial charge in [0.05, 0.1) is 0 Å². The zero-order chi connectivity index (χ0) is 16.4. The Bertz CT molecular complexity index is 797. The number of benzene rings is 2. The molecule has 0 fully saturated rings. The molecule has 4 nitrogen and oxygen atoms in total. The Balaban J connectivity index is 1.53. The second kappa shape index (κ2) is 6.40. The van der Waals surface area contributed by atoms with Gasteiger partial charge in [-0.3, -0.25) is 4.79 Å². The molecule has 0 aromatic heterocycles. The van der Waals surface area contributed by atoms with E-state index in [1.807, 2.05) is 47.4 Å². The molecule has 0 bridgehead atoms. The SMILES string of the molecule is O=C(/C=C/c1ccc2c(c1)OCCO2)N1CCCc2ccccc21. The molecule has 2 aromatic carbocycles. The van der Waals surface area contributed by atoms with E-state index in [-0.39, 0.29) is 5.91 Å². The zero-order valence-corrected chi connectivity index (χ0v) is 13.4. The van der Waals surface area contributed by atoms with Crippen LogP contribution in [0.25, 0.3) is 6.08 Å². The minimum Gasteiger partial charge on any atom is -0.486 e. The van der Waals surface area contributed by atoms with Crippen molar-refractivity contribution in [2.75, 3.05) is 24.7 Å². The second-order valence-corrected chi connectivity index (χ2v) is 5.96. The molecule has 0 saturated heterocycles. The normalized spacial score (nSPS) is 16.1. The van der Waals surface area contributed by atoms with E-state index >= 15 is 0 Å². The zero-order valence-electron chi connectivity index (χ0n) is 13.4. The molecule has 0 radical (unpaired) electrons. The third-order valence-electron chi connectivity index (χ3n) is 4.36. The number of nitrogens with zero attached hydrogens (tertiary/aromatic N) is 1. The fraction of sp³-hybridized carbons (Fsp3) is 0.250. The predicted molar refractivity (Wildman–Crippen MR) is 93.6 cm³/mol. The molecular formula is C20H19NO3. The van der Waals surface area contributed by atoms with E-state index < -0.39 is 0 Å². The van der Waals surface area contributed by atoms with Crippen LogP contribution in [-0.4, -0.2) is 25.7 Å². The third-order valence-corrected chi connectivity index (χ3v) is 4.36. The van der Waals surface area contributed by atoms with Crippen molar-refractivity contribution in [1.29, 1.82) is 0 Å². The molecular weight excluding hydrogens is 302 g/mol. The Labute approximate surface area is 141 Å². The lowest BCUT2D eigenvalue weighted by Crippen LogP contribution is -2.34. The molecule has 0 N–H and O–H groups in total. The number of amides is 1. The molecule has 0 unspecified atom stereocenters. The monoisotopic (exact) mass is 321 g/mol. The highest BCUT2D eigenvalue weighted by molar-refractivity contribution is 6.04. The van der Waals surface area contributed by atoms with Gasteiger partial charge in [0, 0.05) is 18.3 Å². The third kappa shape index (κ3) is 2.87. The Hall–Kier alpha value is -2.75. The van der Waals surface area contributed by atoms with Crippen LogP contribution in [0.5, 0.6) is 11.5 Å². The summed E-state index contributed by atoms with van der Waals surface area (Å²) in [5.41, 5.74) is 3.20. The van der Waals surface area contributed by atoms with Crippen LogP contribution in [0.1, 0.15) is 17.5 Å². The van der Waals surface area contributed by atoms with Gasteiger partial charge in [0.1, 0.15) is 13.2 Å². The van der Waals surface area contributed by atoms with Gasteiger partial charge in [-0.2, -0.15) is 0 Å². The van der Waals surface area contributed by atoms with Gasteiger partial charge in [0.25, 0.3) is 5.91 Å². The molecule has 0 saturated carbocycles. The highest BCUT2D eigenvalue weighted by atomic mass is 16.6. The summed E-state index contributed by atoms with van der Waals surface area (Å²) in [6.45, 7) is 1.90. The fourth-order valence-electron chi connectivity index (χ4n) is 3.18. The molecule has 24 heavy (non-hydrogen) atoms. The summed E-state index contributed by atoms with van der Waals surface area (Å²) in [6, 6.07) is 13.8. The van der Waals surface area contributed by atoms with Crippen LogP contribution in [0.4, 0.5) is 5.69 Å². The number of hydrogen-bond donors (Lipinski definition) is 0. The molecule has 4 heteroatoms. The summed E-state index contributed by atoms with van der Waals surface area (Å²) in [4.78, 5) is 14.5. The van der Waals surface area contributed by atoms with Crippen molar-refractivity contribution in [1.82, 2.24) is 0 Å². The van der Waals surface area contributed by atoms with Crippen molar-refractivity contribution in [3.05, 3.63) is 59.7 Å². The number of fused-ring (bicyclic) bond motifs is 2. The summed E-state index contributed by atoms with van der Waals surface area (Å²) in [5, 5.41) is 0. The Morgan fingerprint density at radius 1 is 1.04 bits per heavy atom. The van der Waals surface area contributed by atoms with Crippen LogP contribution < -0.4 is 14.4 Å². The van der Waals surface area contributed by atoms with Gasteiger partial charge in [0.2, 0.25) is 0 Å². The number of rotatable bonds is 2. The van der Waals surface area contributed by atoms with E-state index in [1.54, 1.807) is 6.08 Å². The van der Waals surface area contributed by atoms with Crippen LogP contribution >= 0.6 is 0 Å². The molecule has 4 rings (SSSR count). The van der Waals surface area contributed by atoms with E-state index in [2.05, 4.69) is 6.07 Å². The quantitative estimate of drug-likeness (QED) is 0.795. The molecule has 2 aliphatic heterocycles. The molecule has 2 aromatic rings. The first-order chi connectivity index (χ1) is 11.8. The van der Waals surface area contributed by atoms with E-state index in [4.69, 9.17) is 9.47 Å². The van der Waals surface area contributed by atoms with Crippen molar-refractivity contribution < 1.29 is 14.3 Å². The molecule has 2 heterocycles. The van der Waals surface area contributed by atoms with Crippen molar-refractivity contribution in [2.45, 2.75) is 12.8 Å². The van der Waals surface area contributed by atoms with Crippen LogP contribution in [0.2, 0.25) is 0 Å². The first-order valence-electron chi connectivity index (χ1n) is 8.28. The maximum Gasteiger partial charge on any atom is 0.250 e. The van der Waals surface area contributed by atoms with Gasteiger partial charge < -0.3 is 14.4 Å². The number of carbonyl (C=O) groups excluding carboxylic acids is 1. The number of para-hydroxylation sites is 1. The van der Waals surface area contributed by atoms with Crippen LogP contribution in [-0.2, 0) is 11.2 Å². The largest absolute Gasteiger partial charge is 0.486 e. The summed E-state index contributed by atoms with van der Waals surface area (Å²) in [5.74, 6) is 1.51. The standard InChI is InChI=1S/C20H19NO3/c22-20(21-11-3-5-16-4-1-2-6-17(16)21)10-8-15-7-9-18-19(14-15)24-13-12-23-18/h1-2,4,6-10,14H,3,5,11-13H2/b10-8+. The minimum absolute atomic E-state index is 0.0111. The first kappa shape index (κ1) is 14.8. The average Bonchev–Trinajstić information content (AvgIpc) is 2.65. The average molecular weight is 321 g/mol. The molecule has 0 spiro atoms. The van der Waals surface area contributed by atoms with Crippen molar-refractivity contribution in [3.8, 4) is 11.5 Å². The Morgan fingerprint density at radius 2 is 1.88 bits per heavy atom. The lowest BCUT2D eigenvalue weighted by atomic mass is 10.0. The number of carbonyl (C=O) groups is 1. The molecule has 1 amide bonds. The summed E-state index contributed by atoms with van der Waals surface area (Å²) in [6.07, 6.45) is 5.50. The summed E-state index contributed by atoms with van der Waals surface area (Å²) < 4.78 is 11.1. The number of anilines is 1. The van der Waals surface area contributed by atoms with Crippen molar-refractivity contribution in [3.63, 3.8) is 0 Å². The van der Waals surface area contributed by atoms with Crippen LogP contribution in [0, 0.1) is 0 Å². The summed E-state index contributed by atoms with van der Waals surface area (Å²) >= 11 is 0. The lowest BCUT2D eigenvalue weighted by molar-refractivity contribution is -0.114. The van der Waals surface area contributed by atoms with E-state index in [9.17, 15) is 4.79 Å². The van der Waals surface area contributed by atoms with Crippen molar-refractivity contribution in [2.24, 2.45) is 0 Å².